The second kappa shape index (κ2) is 7.56. The van der Waals surface area contributed by atoms with Gasteiger partial charge in [0.2, 0.25) is 0 Å². The van der Waals surface area contributed by atoms with Gasteiger partial charge in [-0.1, -0.05) is 6.42 Å². The topological polar surface area (TPSA) is 119 Å². The normalized spacial score (nSPS) is 15.6. The van der Waals surface area contributed by atoms with E-state index >= 15 is 0 Å². The van der Waals surface area contributed by atoms with Crippen molar-refractivity contribution in [2.75, 3.05) is 19.6 Å². The van der Waals surface area contributed by atoms with Crippen molar-refractivity contribution in [3.05, 3.63) is 44.0 Å². The van der Waals surface area contributed by atoms with Crippen molar-refractivity contribution in [1.82, 2.24) is 10.2 Å². The minimum absolute atomic E-state index is 0.0876. The molecule has 1 fully saturated rings. The van der Waals surface area contributed by atoms with Gasteiger partial charge in [0.15, 0.2) is 0 Å². The molecule has 2 rings (SSSR count). The summed E-state index contributed by atoms with van der Waals surface area (Å²) in [6.45, 7) is 6.32. The summed E-state index contributed by atoms with van der Waals surface area (Å²) in [5.41, 5.74) is -1.30. The molecule has 0 aromatic heterocycles. The lowest BCUT2D eigenvalue weighted by molar-refractivity contribution is -0.394. The average molecular weight is 350 g/mol. The molecule has 1 aliphatic rings. The molecule has 0 aliphatic carbocycles. The number of rotatable bonds is 6. The van der Waals surface area contributed by atoms with E-state index in [1.165, 1.54) is 6.42 Å². The van der Waals surface area contributed by atoms with Crippen LogP contribution in [0.5, 0.6) is 0 Å². The molecule has 1 amide bonds. The third-order valence-electron chi connectivity index (χ3n) is 4.48. The van der Waals surface area contributed by atoms with E-state index in [4.69, 9.17) is 0 Å². The van der Waals surface area contributed by atoms with Crippen LogP contribution in [0.15, 0.2) is 18.2 Å². The van der Waals surface area contributed by atoms with Crippen LogP contribution < -0.4 is 5.32 Å². The summed E-state index contributed by atoms with van der Waals surface area (Å²) < 4.78 is 0. The van der Waals surface area contributed by atoms with Crippen LogP contribution in [0.1, 0.15) is 43.5 Å². The Bertz CT molecular complexity index is 651. The number of piperidine rings is 1. The first-order valence-corrected chi connectivity index (χ1v) is 8.18. The largest absolute Gasteiger partial charge is 0.350 e. The molecule has 0 saturated carbocycles. The van der Waals surface area contributed by atoms with Crippen LogP contribution in [0.4, 0.5) is 11.4 Å². The molecule has 1 aromatic rings. The predicted octanol–water partition coefficient (Wildman–Crippen LogP) is 2.50. The highest BCUT2D eigenvalue weighted by molar-refractivity contribution is 5.95. The fraction of sp³-hybridized carbons (Fsp3) is 0.562. The fourth-order valence-electron chi connectivity index (χ4n) is 2.95. The smallest absolute Gasteiger partial charge is 0.277 e. The van der Waals surface area contributed by atoms with E-state index in [0.717, 1.165) is 44.1 Å². The highest BCUT2D eigenvalue weighted by Crippen LogP contribution is 2.23. The summed E-state index contributed by atoms with van der Waals surface area (Å²) in [6, 6.07) is 2.95. The van der Waals surface area contributed by atoms with Gasteiger partial charge in [0.1, 0.15) is 0 Å². The molecule has 1 aliphatic heterocycles. The van der Waals surface area contributed by atoms with Crippen molar-refractivity contribution in [3.63, 3.8) is 0 Å². The Labute approximate surface area is 145 Å². The first-order chi connectivity index (χ1) is 11.7. The molecule has 1 N–H and O–H groups in total. The fourth-order valence-corrected chi connectivity index (χ4v) is 2.95. The van der Waals surface area contributed by atoms with Gasteiger partial charge >= 0.3 is 0 Å². The maximum absolute atomic E-state index is 12.3. The zero-order chi connectivity index (χ0) is 18.6. The molecular formula is C16H22N4O5. The summed E-state index contributed by atoms with van der Waals surface area (Å²) in [4.78, 5) is 35.0. The van der Waals surface area contributed by atoms with E-state index in [2.05, 4.69) is 10.2 Å². The molecule has 9 nitrogen and oxygen atoms in total. The number of benzene rings is 1. The lowest BCUT2D eigenvalue weighted by Crippen LogP contribution is -2.53. The summed E-state index contributed by atoms with van der Waals surface area (Å²) in [6.07, 6.45) is 3.44. The standard InChI is InChI=1S/C16H22N4O5/c1-16(2,18-6-4-3-5-7-18)11-17-15(21)12-8-13(19(22)23)10-14(9-12)20(24)25/h8-10H,3-7,11H2,1-2H3,(H,17,21). The van der Waals surface area contributed by atoms with Crippen LogP contribution in [0.25, 0.3) is 0 Å². The molecule has 0 radical (unpaired) electrons. The van der Waals surface area contributed by atoms with Gasteiger partial charge in [-0.2, -0.15) is 0 Å². The maximum Gasteiger partial charge on any atom is 0.277 e. The Morgan fingerprint density at radius 2 is 1.60 bits per heavy atom. The van der Waals surface area contributed by atoms with Crippen molar-refractivity contribution in [2.45, 2.75) is 38.6 Å². The Morgan fingerprint density at radius 3 is 2.08 bits per heavy atom. The Kier molecular flexibility index (Phi) is 5.68. The molecule has 0 unspecified atom stereocenters. The van der Waals surface area contributed by atoms with Crippen LogP contribution in [-0.2, 0) is 0 Å². The first kappa shape index (κ1) is 18.8. The van der Waals surface area contributed by atoms with Gasteiger partial charge < -0.3 is 5.32 Å². The number of nitro groups is 2. The molecule has 9 heteroatoms. The van der Waals surface area contributed by atoms with E-state index < -0.39 is 27.1 Å². The second-order valence-electron chi connectivity index (χ2n) is 6.80. The minimum atomic E-state index is -0.749. The number of carbonyl (C=O) groups is 1. The summed E-state index contributed by atoms with van der Waals surface area (Å²) in [5.74, 6) is -0.558. The van der Waals surface area contributed by atoms with Crippen LogP contribution in [0, 0.1) is 20.2 Å². The van der Waals surface area contributed by atoms with Crippen molar-refractivity contribution in [1.29, 1.82) is 0 Å². The average Bonchev–Trinajstić information content (AvgIpc) is 2.60. The van der Waals surface area contributed by atoms with Crippen LogP contribution in [0.3, 0.4) is 0 Å². The SMILES string of the molecule is CC(C)(CNC(=O)c1cc([N+](=O)[O-])cc([N+](=O)[O-])c1)N1CCCCC1. The van der Waals surface area contributed by atoms with Crippen molar-refractivity contribution >= 4 is 17.3 Å². The highest BCUT2D eigenvalue weighted by atomic mass is 16.6. The highest BCUT2D eigenvalue weighted by Gasteiger charge is 2.29. The van der Waals surface area contributed by atoms with Gasteiger partial charge in [0, 0.05) is 24.2 Å². The van der Waals surface area contributed by atoms with Crippen LogP contribution in [0.2, 0.25) is 0 Å². The van der Waals surface area contributed by atoms with Gasteiger partial charge in [-0.15, -0.1) is 0 Å². The molecule has 0 atom stereocenters. The number of nitrogens with one attached hydrogen (secondary N) is 1. The molecule has 1 saturated heterocycles. The number of nitro benzene ring substituents is 2. The number of amides is 1. The maximum atomic E-state index is 12.3. The van der Waals surface area contributed by atoms with Gasteiger partial charge in [-0.3, -0.25) is 29.9 Å². The molecule has 136 valence electrons. The monoisotopic (exact) mass is 350 g/mol. The van der Waals surface area contributed by atoms with E-state index in [1.807, 2.05) is 13.8 Å². The number of likely N-dealkylation sites (tertiary alicyclic amines) is 1. The number of non-ortho nitro benzene ring substituents is 2. The summed E-state index contributed by atoms with van der Waals surface area (Å²) in [5, 5.41) is 24.6. The third-order valence-corrected chi connectivity index (χ3v) is 4.48. The Balaban J connectivity index is 2.12. The van der Waals surface area contributed by atoms with Crippen LogP contribution in [-0.4, -0.2) is 45.8 Å². The summed E-state index contributed by atoms with van der Waals surface area (Å²) in [7, 11) is 0. The van der Waals surface area contributed by atoms with E-state index in [0.29, 0.717) is 6.54 Å². The zero-order valence-corrected chi connectivity index (χ0v) is 14.4. The van der Waals surface area contributed by atoms with Gasteiger partial charge in [0.05, 0.1) is 21.5 Å². The lowest BCUT2D eigenvalue weighted by atomic mass is 9.98. The van der Waals surface area contributed by atoms with Crippen molar-refractivity contribution < 1.29 is 14.6 Å². The summed E-state index contributed by atoms with van der Waals surface area (Å²) >= 11 is 0. The molecule has 1 heterocycles. The quantitative estimate of drug-likeness (QED) is 0.622. The van der Waals surface area contributed by atoms with Gasteiger partial charge in [-0.25, -0.2) is 0 Å². The minimum Gasteiger partial charge on any atom is -0.350 e. The first-order valence-electron chi connectivity index (χ1n) is 8.18. The number of carbonyl (C=O) groups excluding carboxylic acids is 1. The van der Waals surface area contributed by atoms with E-state index in [-0.39, 0.29) is 11.1 Å². The number of hydrogen-bond acceptors (Lipinski definition) is 6. The molecular weight excluding hydrogens is 328 g/mol. The third kappa shape index (κ3) is 4.72. The second-order valence-corrected chi connectivity index (χ2v) is 6.80. The lowest BCUT2D eigenvalue weighted by Gasteiger charge is -2.41. The molecule has 0 bridgehead atoms. The Morgan fingerprint density at radius 1 is 1.08 bits per heavy atom. The van der Waals surface area contributed by atoms with E-state index in [1.54, 1.807) is 0 Å². The van der Waals surface area contributed by atoms with Gasteiger partial charge in [0.25, 0.3) is 17.3 Å². The molecule has 1 aromatic carbocycles. The number of nitrogens with zero attached hydrogens (tertiary/aromatic N) is 3. The van der Waals surface area contributed by atoms with Gasteiger partial charge in [-0.05, 0) is 39.8 Å². The van der Waals surface area contributed by atoms with Crippen molar-refractivity contribution in [3.8, 4) is 0 Å². The Hall–Kier alpha value is -2.55. The van der Waals surface area contributed by atoms with E-state index in [9.17, 15) is 25.0 Å². The zero-order valence-electron chi connectivity index (χ0n) is 14.4. The molecule has 25 heavy (non-hydrogen) atoms. The van der Waals surface area contributed by atoms with Crippen LogP contribution >= 0.6 is 0 Å². The number of hydrogen-bond donors (Lipinski definition) is 1. The van der Waals surface area contributed by atoms with Crippen molar-refractivity contribution in [2.24, 2.45) is 0 Å². The predicted molar refractivity (Wildman–Crippen MR) is 91.6 cm³/mol. The molecule has 0 spiro atoms.